The van der Waals surface area contributed by atoms with Gasteiger partial charge in [0.1, 0.15) is 6.17 Å². The van der Waals surface area contributed by atoms with Crippen molar-refractivity contribution < 1.29 is 4.79 Å². The highest BCUT2D eigenvalue weighted by Gasteiger charge is 2.34. The number of carbonyl (C=O) groups excluding carboxylic acids is 1. The monoisotopic (exact) mass is 350 g/mol. The molecule has 1 atom stereocenters. The molecular formula is C15H21Cl3N2O. The van der Waals surface area contributed by atoms with Crippen LogP contribution in [0.4, 0.5) is 5.69 Å². The topological polar surface area (TPSA) is 41.1 Å². The highest BCUT2D eigenvalue weighted by atomic mass is 35.6. The van der Waals surface area contributed by atoms with Crippen molar-refractivity contribution in [3.05, 3.63) is 29.8 Å². The Kier molecular flexibility index (Phi) is 7.64. The number of amides is 1. The normalized spacial score (nSPS) is 12.8. The quantitative estimate of drug-likeness (QED) is 0.421. The molecule has 0 unspecified atom stereocenters. The Balaban J connectivity index is 2.69. The van der Waals surface area contributed by atoms with Crippen molar-refractivity contribution >= 4 is 46.4 Å². The molecule has 0 radical (unpaired) electrons. The number of para-hydroxylation sites is 1. The molecule has 0 aromatic heterocycles. The maximum absolute atomic E-state index is 11.9. The Morgan fingerprint density at radius 2 is 1.90 bits per heavy atom. The fraction of sp³-hybridized carbons (Fsp3) is 0.533. The summed E-state index contributed by atoms with van der Waals surface area (Å²) in [5, 5.41) is 5.83. The summed E-state index contributed by atoms with van der Waals surface area (Å²) in [6.07, 6.45) is 2.55. The van der Waals surface area contributed by atoms with E-state index in [1.165, 1.54) is 0 Å². The number of nitrogens with one attached hydrogen (secondary N) is 2. The van der Waals surface area contributed by atoms with E-state index in [9.17, 15) is 4.79 Å². The lowest BCUT2D eigenvalue weighted by molar-refractivity contribution is -0.121. The number of aryl methyl sites for hydroxylation is 1. The summed E-state index contributed by atoms with van der Waals surface area (Å²) in [7, 11) is 0. The Labute approximate surface area is 141 Å². The number of rotatable bonds is 7. The summed E-state index contributed by atoms with van der Waals surface area (Å²) in [6.45, 7) is 4.03. The first-order valence-corrected chi connectivity index (χ1v) is 8.16. The number of hydrogen-bond donors (Lipinski definition) is 2. The maximum Gasteiger partial charge on any atom is 0.228 e. The van der Waals surface area contributed by atoms with Crippen LogP contribution in [-0.2, 0) is 4.79 Å². The predicted octanol–water partition coefficient (Wildman–Crippen LogP) is 4.80. The molecular weight excluding hydrogens is 331 g/mol. The third-order valence-electron chi connectivity index (χ3n) is 3.08. The molecule has 0 spiro atoms. The van der Waals surface area contributed by atoms with Gasteiger partial charge in [-0.1, -0.05) is 72.8 Å². The van der Waals surface area contributed by atoms with E-state index in [4.69, 9.17) is 34.8 Å². The standard InChI is InChI=1S/C15H21Cl3N2O/c1-3-4-5-10-13(21)20-14(15(16,17)18)19-12-9-7-6-8-11(12)2/h6-9,14,19H,3-5,10H2,1-2H3,(H,20,21)/t14-/m1/s1. The van der Waals surface area contributed by atoms with Crippen LogP contribution in [-0.4, -0.2) is 15.9 Å². The predicted molar refractivity (Wildman–Crippen MR) is 91.2 cm³/mol. The van der Waals surface area contributed by atoms with Crippen LogP contribution >= 0.6 is 34.8 Å². The fourth-order valence-corrected chi connectivity index (χ4v) is 2.19. The summed E-state index contributed by atoms with van der Waals surface area (Å²) in [6, 6.07) is 7.63. The Bertz CT molecular complexity index is 460. The summed E-state index contributed by atoms with van der Waals surface area (Å²) in [4.78, 5) is 11.9. The average Bonchev–Trinajstić information content (AvgIpc) is 2.39. The molecule has 2 N–H and O–H groups in total. The molecule has 0 fully saturated rings. The second kappa shape index (κ2) is 8.72. The van der Waals surface area contributed by atoms with Crippen molar-refractivity contribution in [3.8, 4) is 0 Å². The highest BCUT2D eigenvalue weighted by Crippen LogP contribution is 2.31. The van der Waals surface area contributed by atoms with Crippen LogP contribution in [0.5, 0.6) is 0 Å². The molecule has 1 amide bonds. The molecule has 6 heteroatoms. The minimum Gasteiger partial charge on any atom is -0.362 e. The van der Waals surface area contributed by atoms with Gasteiger partial charge in [0.05, 0.1) is 0 Å². The number of alkyl halides is 3. The molecule has 3 nitrogen and oxygen atoms in total. The summed E-state index contributed by atoms with van der Waals surface area (Å²) in [5.41, 5.74) is 1.83. The molecule has 1 rings (SSSR count). The van der Waals surface area contributed by atoms with Crippen molar-refractivity contribution in [1.82, 2.24) is 5.32 Å². The van der Waals surface area contributed by atoms with E-state index in [1.54, 1.807) is 0 Å². The number of halogens is 3. The number of anilines is 1. The van der Waals surface area contributed by atoms with E-state index in [1.807, 2.05) is 31.2 Å². The van der Waals surface area contributed by atoms with Gasteiger partial charge in [0, 0.05) is 12.1 Å². The fourth-order valence-electron chi connectivity index (χ4n) is 1.86. The van der Waals surface area contributed by atoms with Gasteiger partial charge in [0.2, 0.25) is 9.70 Å². The van der Waals surface area contributed by atoms with Gasteiger partial charge >= 0.3 is 0 Å². The van der Waals surface area contributed by atoms with E-state index in [0.29, 0.717) is 6.42 Å². The van der Waals surface area contributed by atoms with Crippen LogP contribution in [0, 0.1) is 6.92 Å². The Hall–Kier alpha value is -0.640. The Morgan fingerprint density at radius 3 is 2.48 bits per heavy atom. The lowest BCUT2D eigenvalue weighted by atomic mass is 10.2. The molecule has 1 aromatic rings. The third-order valence-corrected chi connectivity index (χ3v) is 3.74. The van der Waals surface area contributed by atoms with Crippen molar-refractivity contribution in [2.45, 2.75) is 49.5 Å². The second-order valence-corrected chi connectivity index (χ2v) is 7.33. The van der Waals surface area contributed by atoms with Crippen LogP contribution < -0.4 is 10.6 Å². The second-order valence-electron chi connectivity index (χ2n) is 4.96. The number of carbonyl (C=O) groups is 1. The summed E-state index contributed by atoms with van der Waals surface area (Å²) >= 11 is 17.9. The third kappa shape index (κ3) is 6.77. The van der Waals surface area contributed by atoms with E-state index in [-0.39, 0.29) is 5.91 Å². The zero-order chi connectivity index (χ0) is 15.9. The smallest absolute Gasteiger partial charge is 0.228 e. The summed E-state index contributed by atoms with van der Waals surface area (Å²) in [5.74, 6) is -0.124. The molecule has 0 aliphatic carbocycles. The molecule has 0 aliphatic heterocycles. The van der Waals surface area contributed by atoms with Crippen LogP contribution in [0.15, 0.2) is 24.3 Å². The van der Waals surface area contributed by atoms with Crippen LogP contribution in [0.1, 0.15) is 38.2 Å². The van der Waals surface area contributed by atoms with E-state index in [0.717, 1.165) is 30.5 Å². The van der Waals surface area contributed by atoms with Gasteiger partial charge in [0.15, 0.2) is 0 Å². The molecule has 21 heavy (non-hydrogen) atoms. The molecule has 0 heterocycles. The van der Waals surface area contributed by atoms with E-state index >= 15 is 0 Å². The largest absolute Gasteiger partial charge is 0.362 e. The van der Waals surface area contributed by atoms with Gasteiger partial charge in [0.25, 0.3) is 0 Å². The highest BCUT2D eigenvalue weighted by molar-refractivity contribution is 6.68. The van der Waals surface area contributed by atoms with Crippen molar-refractivity contribution in [2.75, 3.05) is 5.32 Å². The first-order chi connectivity index (χ1) is 9.84. The maximum atomic E-state index is 11.9. The molecule has 118 valence electrons. The van der Waals surface area contributed by atoms with E-state index in [2.05, 4.69) is 17.6 Å². The molecule has 0 aliphatic rings. The van der Waals surface area contributed by atoms with Crippen LogP contribution in [0.3, 0.4) is 0 Å². The van der Waals surface area contributed by atoms with E-state index < -0.39 is 9.96 Å². The number of hydrogen-bond acceptors (Lipinski definition) is 2. The number of benzene rings is 1. The lowest BCUT2D eigenvalue weighted by Crippen LogP contribution is -2.49. The SMILES string of the molecule is CCCCCC(=O)N[C@@H](Nc1ccccc1C)C(Cl)(Cl)Cl. The number of unbranched alkanes of at least 4 members (excludes halogenated alkanes) is 2. The zero-order valence-corrected chi connectivity index (χ0v) is 14.5. The lowest BCUT2D eigenvalue weighted by Gasteiger charge is -2.28. The minimum absolute atomic E-state index is 0.124. The van der Waals surface area contributed by atoms with Gasteiger partial charge in [-0.3, -0.25) is 4.79 Å². The van der Waals surface area contributed by atoms with Crippen molar-refractivity contribution in [3.63, 3.8) is 0 Å². The van der Waals surface area contributed by atoms with Gasteiger partial charge in [-0.25, -0.2) is 0 Å². The molecule has 1 aromatic carbocycles. The average molecular weight is 352 g/mol. The van der Waals surface area contributed by atoms with Crippen LogP contribution in [0.2, 0.25) is 0 Å². The first-order valence-electron chi connectivity index (χ1n) is 7.03. The van der Waals surface area contributed by atoms with Gasteiger partial charge in [-0.2, -0.15) is 0 Å². The molecule has 0 saturated heterocycles. The minimum atomic E-state index is -1.64. The van der Waals surface area contributed by atoms with Gasteiger partial charge < -0.3 is 10.6 Å². The first kappa shape index (κ1) is 18.4. The summed E-state index contributed by atoms with van der Waals surface area (Å²) < 4.78 is -1.64. The van der Waals surface area contributed by atoms with Crippen molar-refractivity contribution in [2.24, 2.45) is 0 Å². The zero-order valence-electron chi connectivity index (χ0n) is 12.3. The Morgan fingerprint density at radius 1 is 1.24 bits per heavy atom. The molecule has 0 bridgehead atoms. The van der Waals surface area contributed by atoms with Gasteiger partial charge in [-0.05, 0) is 25.0 Å². The van der Waals surface area contributed by atoms with Crippen molar-refractivity contribution in [1.29, 1.82) is 0 Å². The van der Waals surface area contributed by atoms with Crippen LogP contribution in [0.25, 0.3) is 0 Å². The van der Waals surface area contributed by atoms with Gasteiger partial charge in [-0.15, -0.1) is 0 Å². The molecule has 0 saturated carbocycles.